The summed E-state index contributed by atoms with van der Waals surface area (Å²) in [5.74, 6) is 6.34. The molecule has 3 rings (SSSR count). The van der Waals surface area contributed by atoms with E-state index in [2.05, 4.69) is 11.8 Å². The van der Waals surface area contributed by atoms with Crippen molar-refractivity contribution in [1.29, 1.82) is 0 Å². The van der Waals surface area contributed by atoms with Gasteiger partial charge in [-0.3, -0.25) is 4.79 Å². The van der Waals surface area contributed by atoms with E-state index in [1.54, 1.807) is 6.07 Å². The van der Waals surface area contributed by atoms with Crippen LogP contribution in [0.1, 0.15) is 35.2 Å². The summed E-state index contributed by atoms with van der Waals surface area (Å²) in [6.45, 7) is 1.81. The molecule has 0 aromatic heterocycles. The van der Waals surface area contributed by atoms with Crippen LogP contribution in [0.3, 0.4) is 0 Å². The summed E-state index contributed by atoms with van der Waals surface area (Å²) in [5.41, 5.74) is 6.29. The Morgan fingerprint density at radius 2 is 2.05 bits per heavy atom. The van der Waals surface area contributed by atoms with Crippen molar-refractivity contribution in [1.82, 2.24) is 4.90 Å². The first-order valence-corrected chi connectivity index (χ1v) is 7.47. The molecule has 1 saturated heterocycles. The number of nitrogens with two attached hydrogens (primary N) is 1. The third kappa shape index (κ3) is 2.79. The third-order valence-corrected chi connectivity index (χ3v) is 4.55. The van der Waals surface area contributed by atoms with E-state index in [-0.39, 0.29) is 12.5 Å². The maximum atomic E-state index is 13.5. The number of carbonyl (C=O) groups is 1. The zero-order chi connectivity index (χ0) is 14.8. The highest BCUT2D eigenvalue weighted by atomic mass is 19.1. The molecule has 2 N–H and O–H groups in total. The summed E-state index contributed by atoms with van der Waals surface area (Å²) in [7, 11) is 0. The molecule has 1 saturated carbocycles. The van der Waals surface area contributed by atoms with Crippen molar-refractivity contribution in [2.24, 2.45) is 17.6 Å². The van der Waals surface area contributed by atoms with E-state index < -0.39 is 5.82 Å². The number of rotatable bonds is 1. The highest BCUT2D eigenvalue weighted by Crippen LogP contribution is 2.38. The number of amides is 1. The molecular weight excluding hydrogens is 267 g/mol. The zero-order valence-electron chi connectivity index (χ0n) is 11.9. The molecule has 1 aromatic carbocycles. The van der Waals surface area contributed by atoms with Crippen LogP contribution in [0.4, 0.5) is 4.39 Å². The minimum atomic E-state index is -0.406. The van der Waals surface area contributed by atoms with Gasteiger partial charge in [0.15, 0.2) is 0 Å². The van der Waals surface area contributed by atoms with Crippen LogP contribution in [0.2, 0.25) is 0 Å². The molecule has 1 aliphatic heterocycles. The van der Waals surface area contributed by atoms with Crippen molar-refractivity contribution in [3.63, 3.8) is 0 Å². The lowest BCUT2D eigenvalue weighted by Crippen LogP contribution is -2.30. The number of likely N-dealkylation sites (tertiary alicyclic amines) is 1. The summed E-state index contributed by atoms with van der Waals surface area (Å²) < 4.78 is 13.5. The van der Waals surface area contributed by atoms with Gasteiger partial charge in [0.25, 0.3) is 5.91 Å². The van der Waals surface area contributed by atoms with Crippen molar-refractivity contribution in [2.45, 2.75) is 19.3 Å². The fraction of sp³-hybridized carbons (Fsp3) is 0.471. The van der Waals surface area contributed by atoms with Gasteiger partial charge in [-0.05, 0) is 42.9 Å². The monoisotopic (exact) mass is 286 g/mol. The highest BCUT2D eigenvalue weighted by molar-refractivity contribution is 5.97. The van der Waals surface area contributed by atoms with E-state index in [0.29, 0.717) is 23.0 Å². The second-order valence-electron chi connectivity index (χ2n) is 5.86. The van der Waals surface area contributed by atoms with Crippen molar-refractivity contribution in [3.05, 3.63) is 35.1 Å². The molecule has 110 valence electrons. The first-order chi connectivity index (χ1) is 10.2. The molecule has 3 nitrogen and oxygen atoms in total. The Labute approximate surface area is 124 Å². The number of hydrogen-bond donors (Lipinski definition) is 1. The Morgan fingerprint density at radius 1 is 1.33 bits per heavy atom. The van der Waals surface area contributed by atoms with Crippen LogP contribution in [-0.4, -0.2) is 30.4 Å². The number of carbonyl (C=O) groups excluding carboxylic acids is 1. The predicted molar refractivity (Wildman–Crippen MR) is 79.1 cm³/mol. The van der Waals surface area contributed by atoms with Gasteiger partial charge in [0.1, 0.15) is 5.82 Å². The summed E-state index contributed by atoms with van der Waals surface area (Å²) in [4.78, 5) is 14.5. The largest absolute Gasteiger partial charge is 0.338 e. The van der Waals surface area contributed by atoms with Crippen molar-refractivity contribution in [3.8, 4) is 11.8 Å². The Balaban J connectivity index is 1.85. The smallest absolute Gasteiger partial charge is 0.255 e. The Hall–Kier alpha value is -1.86. The van der Waals surface area contributed by atoms with Crippen molar-refractivity contribution >= 4 is 5.91 Å². The number of fused-ring (bicyclic) bond motifs is 1. The summed E-state index contributed by atoms with van der Waals surface area (Å²) >= 11 is 0. The van der Waals surface area contributed by atoms with Gasteiger partial charge in [0.05, 0.1) is 12.1 Å². The van der Waals surface area contributed by atoms with Crippen molar-refractivity contribution in [2.75, 3.05) is 19.6 Å². The van der Waals surface area contributed by atoms with Gasteiger partial charge in [-0.15, -0.1) is 0 Å². The number of nitrogens with zero attached hydrogens (tertiary/aromatic N) is 1. The fourth-order valence-corrected chi connectivity index (χ4v) is 3.52. The predicted octanol–water partition coefficient (Wildman–Crippen LogP) is 2.01. The van der Waals surface area contributed by atoms with Gasteiger partial charge in [-0.25, -0.2) is 4.39 Å². The number of benzene rings is 1. The molecule has 1 amide bonds. The van der Waals surface area contributed by atoms with Crippen LogP contribution < -0.4 is 5.73 Å². The number of hydrogen-bond acceptors (Lipinski definition) is 2. The average Bonchev–Trinajstić information content (AvgIpc) is 3.06. The quantitative estimate of drug-likeness (QED) is 0.803. The summed E-state index contributed by atoms with van der Waals surface area (Å²) in [5, 5.41) is 0. The molecule has 1 heterocycles. The molecule has 0 radical (unpaired) electrons. The molecule has 1 aromatic rings. The minimum absolute atomic E-state index is 0.106. The molecule has 1 aliphatic carbocycles. The Morgan fingerprint density at radius 3 is 2.71 bits per heavy atom. The van der Waals surface area contributed by atoms with E-state index in [0.717, 1.165) is 13.1 Å². The third-order valence-electron chi connectivity index (χ3n) is 4.55. The topological polar surface area (TPSA) is 46.3 Å². The van der Waals surface area contributed by atoms with Crippen LogP contribution in [0.5, 0.6) is 0 Å². The van der Waals surface area contributed by atoms with Crippen molar-refractivity contribution < 1.29 is 9.18 Å². The average molecular weight is 286 g/mol. The van der Waals surface area contributed by atoms with Gasteiger partial charge in [0.2, 0.25) is 0 Å². The molecule has 21 heavy (non-hydrogen) atoms. The minimum Gasteiger partial charge on any atom is -0.338 e. The van der Waals surface area contributed by atoms with E-state index in [1.165, 1.54) is 31.4 Å². The summed E-state index contributed by atoms with van der Waals surface area (Å²) in [6, 6.07) is 4.18. The van der Waals surface area contributed by atoms with Gasteiger partial charge in [-0.1, -0.05) is 18.3 Å². The first kappa shape index (κ1) is 14.1. The molecule has 2 atom stereocenters. The SMILES string of the molecule is NCC#Cc1ccc(F)cc1C(=O)N1CC2CCCC2C1. The van der Waals surface area contributed by atoms with Crippen LogP contribution >= 0.6 is 0 Å². The van der Waals surface area contributed by atoms with Gasteiger partial charge in [0, 0.05) is 18.7 Å². The van der Waals surface area contributed by atoms with E-state index in [9.17, 15) is 9.18 Å². The lowest BCUT2D eigenvalue weighted by molar-refractivity contribution is 0.0780. The van der Waals surface area contributed by atoms with Crippen LogP contribution in [-0.2, 0) is 0 Å². The van der Waals surface area contributed by atoms with E-state index in [1.807, 2.05) is 4.90 Å². The molecular formula is C17H19FN2O. The first-order valence-electron chi connectivity index (χ1n) is 7.47. The standard InChI is InChI=1S/C17H19FN2O/c18-15-7-6-12(5-2-8-19)16(9-15)17(21)20-10-13-3-1-4-14(13)11-20/h6-7,9,13-14H,1,3-4,8,10-11,19H2. The molecule has 0 bridgehead atoms. The lowest BCUT2D eigenvalue weighted by Gasteiger charge is -2.18. The van der Waals surface area contributed by atoms with Crippen LogP contribution in [0, 0.1) is 29.5 Å². The summed E-state index contributed by atoms with van der Waals surface area (Å²) in [6.07, 6.45) is 3.68. The maximum Gasteiger partial charge on any atom is 0.255 e. The van der Waals surface area contributed by atoms with Gasteiger partial charge < -0.3 is 10.6 Å². The number of halogens is 1. The molecule has 2 fully saturated rings. The lowest BCUT2D eigenvalue weighted by atomic mass is 10.0. The van der Waals surface area contributed by atoms with E-state index >= 15 is 0 Å². The van der Waals surface area contributed by atoms with Gasteiger partial charge >= 0.3 is 0 Å². The second kappa shape index (κ2) is 5.87. The molecule has 2 unspecified atom stereocenters. The van der Waals surface area contributed by atoms with Gasteiger partial charge in [-0.2, -0.15) is 0 Å². The molecule has 0 spiro atoms. The van der Waals surface area contributed by atoms with E-state index in [4.69, 9.17) is 5.73 Å². The second-order valence-corrected chi connectivity index (χ2v) is 5.86. The fourth-order valence-electron chi connectivity index (χ4n) is 3.52. The highest BCUT2D eigenvalue weighted by Gasteiger charge is 2.38. The van der Waals surface area contributed by atoms with Crippen LogP contribution in [0.25, 0.3) is 0 Å². The Bertz CT molecular complexity index is 605. The van der Waals surface area contributed by atoms with Crippen LogP contribution in [0.15, 0.2) is 18.2 Å². The molecule has 4 heteroatoms. The molecule has 2 aliphatic rings. The zero-order valence-corrected chi connectivity index (χ0v) is 11.9. The maximum absolute atomic E-state index is 13.5. The Kier molecular flexibility index (Phi) is 3.94. The normalized spacial score (nSPS) is 23.6.